The highest BCUT2D eigenvalue weighted by molar-refractivity contribution is 6.01. The number of esters is 1. The molecule has 3 aliphatic heterocycles. The summed E-state index contributed by atoms with van der Waals surface area (Å²) in [5.41, 5.74) is -0.231. The SMILES string of the molecule is CCC(C)C(C(CC(=O)N1CCC[C@H]1C(OC)C(C)C(=O)N[C@@]1(C(=O)N2CCCCO2)C[C@@H]1c1ccccc1)OC)N(C)C(=O)C(NC(=O)C(C(C)C)N(C)CCCC(=O)OC(C)CNC(=O)CCCC(=O)ON1C(=O)CCC1=O)C(C)C. The monoisotopic (exact) mass is 1170 g/mol. The van der Waals surface area contributed by atoms with Gasteiger partial charge in [0.25, 0.3) is 17.7 Å². The number of nitrogens with zero attached hydrogens (tertiary/aromatic N) is 5. The van der Waals surface area contributed by atoms with Crippen LogP contribution in [-0.4, -0.2) is 193 Å². The predicted octanol–water partition coefficient (Wildman–Crippen LogP) is 4.21. The number of rotatable bonds is 32. The first-order valence-electron chi connectivity index (χ1n) is 29.9. The van der Waals surface area contributed by atoms with Crippen LogP contribution in [0, 0.1) is 23.7 Å². The predicted molar refractivity (Wildman–Crippen MR) is 305 cm³/mol. The highest BCUT2D eigenvalue weighted by Crippen LogP contribution is 2.53. The zero-order valence-corrected chi connectivity index (χ0v) is 51.1. The van der Waals surface area contributed by atoms with Gasteiger partial charge in [-0.2, -0.15) is 0 Å². The number of benzene rings is 1. The van der Waals surface area contributed by atoms with Crippen LogP contribution in [-0.2, 0) is 71.8 Å². The van der Waals surface area contributed by atoms with Crippen molar-refractivity contribution in [2.24, 2.45) is 23.7 Å². The summed E-state index contributed by atoms with van der Waals surface area (Å²) in [4.78, 5) is 149. The molecule has 0 aromatic heterocycles. The largest absolute Gasteiger partial charge is 0.461 e. The highest BCUT2D eigenvalue weighted by atomic mass is 16.7. The molecule has 0 bridgehead atoms. The van der Waals surface area contributed by atoms with Gasteiger partial charge in [-0.15, -0.1) is 5.06 Å². The number of hydrogen-bond donors (Lipinski definition) is 3. The Kier molecular flexibility index (Phi) is 25.9. The Bertz CT molecular complexity index is 2390. The van der Waals surface area contributed by atoms with Crippen LogP contribution in [0.1, 0.15) is 157 Å². The lowest BCUT2D eigenvalue weighted by Gasteiger charge is -2.41. The minimum absolute atomic E-state index is 0.0199. The molecule has 1 aromatic carbocycles. The fourth-order valence-electron chi connectivity index (χ4n) is 11.9. The van der Waals surface area contributed by atoms with Gasteiger partial charge in [-0.25, -0.2) is 9.86 Å². The molecule has 83 heavy (non-hydrogen) atoms. The van der Waals surface area contributed by atoms with Crippen molar-refractivity contribution < 1.29 is 71.8 Å². The Balaban J connectivity index is 1.14. The summed E-state index contributed by atoms with van der Waals surface area (Å²) in [6, 6.07) is 7.02. The Labute approximate surface area is 490 Å². The number of nitrogens with one attached hydrogen (secondary N) is 3. The molecule has 11 atom stereocenters. The summed E-state index contributed by atoms with van der Waals surface area (Å²) >= 11 is 0. The summed E-state index contributed by atoms with van der Waals surface area (Å²) < 4.78 is 17.7. The van der Waals surface area contributed by atoms with Crippen molar-refractivity contribution in [3.63, 3.8) is 0 Å². The third kappa shape index (κ3) is 18.0. The molecule has 0 radical (unpaired) electrons. The number of likely N-dealkylation sites (tertiary alicyclic amines) is 1. The van der Waals surface area contributed by atoms with E-state index in [4.69, 9.17) is 23.9 Å². The van der Waals surface area contributed by atoms with Crippen LogP contribution in [0.25, 0.3) is 0 Å². The Hall–Kier alpha value is -6.04. The van der Waals surface area contributed by atoms with Gasteiger partial charge in [-0.05, 0) is 88.8 Å². The van der Waals surface area contributed by atoms with Crippen molar-refractivity contribution in [2.45, 2.75) is 199 Å². The molecule has 3 heterocycles. The van der Waals surface area contributed by atoms with Gasteiger partial charge in [-0.1, -0.05) is 85.2 Å². The summed E-state index contributed by atoms with van der Waals surface area (Å²) in [5, 5.41) is 10.7. The zero-order chi connectivity index (χ0) is 61.3. The van der Waals surface area contributed by atoms with Crippen molar-refractivity contribution in [1.82, 2.24) is 40.8 Å². The summed E-state index contributed by atoms with van der Waals surface area (Å²) in [6.07, 6.45) is 2.09. The van der Waals surface area contributed by atoms with E-state index in [-0.39, 0.29) is 111 Å². The first kappa shape index (κ1) is 67.7. The minimum atomic E-state index is -1.18. The Morgan fingerprint density at radius 2 is 1.48 bits per heavy atom. The van der Waals surface area contributed by atoms with Gasteiger partial charge in [0.2, 0.25) is 29.5 Å². The van der Waals surface area contributed by atoms with E-state index in [1.807, 2.05) is 76.8 Å². The Morgan fingerprint density at radius 3 is 2.08 bits per heavy atom. The number of ether oxygens (including phenoxy) is 3. The summed E-state index contributed by atoms with van der Waals surface area (Å²) in [5.74, 6) is -6.02. The Morgan fingerprint density at radius 1 is 0.807 bits per heavy atom. The van der Waals surface area contributed by atoms with Crippen LogP contribution in [0.15, 0.2) is 30.3 Å². The molecule has 8 amide bonds. The maximum Gasteiger partial charge on any atom is 0.333 e. The molecule has 1 aliphatic carbocycles. The first-order valence-corrected chi connectivity index (χ1v) is 29.9. The lowest BCUT2D eigenvalue weighted by molar-refractivity contribution is -0.200. The van der Waals surface area contributed by atoms with E-state index in [2.05, 4.69) is 16.0 Å². The van der Waals surface area contributed by atoms with Gasteiger partial charge in [0, 0.05) is 72.4 Å². The molecule has 0 spiro atoms. The van der Waals surface area contributed by atoms with Crippen LogP contribution in [0.2, 0.25) is 0 Å². The number of amides is 8. The van der Waals surface area contributed by atoms with E-state index in [1.54, 1.807) is 37.7 Å². The van der Waals surface area contributed by atoms with Crippen molar-refractivity contribution in [3.05, 3.63) is 35.9 Å². The van der Waals surface area contributed by atoms with Crippen molar-refractivity contribution in [3.8, 4) is 0 Å². The fraction of sp³-hybridized carbons (Fsp3) is 0.733. The summed E-state index contributed by atoms with van der Waals surface area (Å²) in [6.45, 7) is 16.6. The van der Waals surface area contributed by atoms with E-state index in [0.717, 1.165) is 18.4 Å². The van der Waals surface area contributed by atoms with E-state index >= 15 is 0 Å². The van der Waals surface area contributed by atoms with Crippen LogP contribution in [0.5, 0.6) is 0 Å². The number of methoxy groups -OCH3 is 2. The van der Waals surface area contributed by atoms with Gasteiger partial charge in [-0.3, -0.25) is 52.9 Å². The molecule has 23 nitrogen and oxygen atoms in total. The van der Waals surface area contributed by atoms with Crippen LogP contribution in [0.3, 0.4) is 0 Å². The van der Waals surface area contributed by atoms with E-state index in [9.17, 15) is 47.9 Å². The van der Waals surface area contributed by atoms with E-state index < -0.39 is 77.7 Å². The quantitative estimate of drug-likeness (QED) is 0.0674. The maximum absolute atomic E-state index is 14.8. The average Bonchev–Trinajstić information content (AvgIpc) is 1.76. The molecule has 1 aromatic rings. The van der Waals surface area contributed by atoms with Crippen molar-refractivity contribution in [1.29, 1.82) is 0 Å². The van der Waals surface area contributed by atoms with Gasteiger partial charge < -0.3 is 44.8 Å². The molecule has 4 fully saturated rings. The third-order valence-electron chi connectivity index (χ3n) is 16.8. The molecule has 1 saturated carbocycles. The number of likely N-dealkylation sites (N-methyl/N-ethyl adjacent to an activating group) is 2. The van der Waals surface area contributed by atoms with Gasteiger partial charge >= 0.3 is 11.9 Å². The standard InChI is InChI=1S/C60H94N8O15/c1-13-39(6)54(45(79-11)34-49(72)66-31-20-24-44(66)55(80-12)41(8)56(75)63-60(59(78)67-32-17-18-33-81-67)35-43(60)42-22-15-14-16-23-42)65(10)58(77)52(37(2)3)62-57(76)53(38(4)5)64(9)30-21-27-50(73)82-40(7)36-61-46(69)25-19-26-51(74)83-68-47(70)28-29-48(68)71/h14-16,22-23,37-41,43-45,52-55H,13,17-21,24-36H2,1-12H3,(H,61,69)(H,62,76)(H,63,75)/t39?,40?,41?,43-,44+,45?,52?,53?,54?,55?,60+/m1/s1. The second-order valence-corrected chi connectivity index (χ2v) is 23.7. The number of carbonyl (C=O) groups excluding carboxylic acids is 10. The molecule has 464 valence electrons. The third-order valence-corrected chi connectivity index (χ3v) is 16.8. The zero-order valence-electron chi connectivity index (χ0n) is 51.1. The van der Waals surface area contributed by atoms with E-state index in [1.165, 1.54) is 19.3 Å². The summed E-state index contributed by atoms with van der Waals surface area (Å²) in [7, 11) is 6.53. The number of hydroxylamine groups is 4. The van der Waals surface area contributed by atoms with E-state index in [0.29, 0.717) is 63.4 Å². The molecular weight excluding hydrogens is 1070 g/mol. The van der Waals surface area contributed by atoms with Gasteiger partial charge in [0.05, 0.1) is 55.8 Å². The topological polar surface area (TPSA) is 269 Å². The average molecular weight is 1170 g/mol. The maximum atomic E-state index is 14.8. The minimum Gasteiger partial charge on any atom is -0.461 e. The van der Waals surface area contributed by atoms with Crippen LogP contribution in [0.4, 0.5) is 0 Å². The molecule has 3 saturated heterocycles. The highest BCUT2D eigenvalue weighted by Gasteiger charge is 2.64. The van der Waals surface area contributed by atoms with Crippen molar-refractivity contribution in [2.75, 3.05) is 61.1 Å². The molecule has 4 aliphatic rings. The second-order valence-electron chi connectivity index (χ2n) is 23.7. The van der Waals surface area contributed by atoms with Crippen LogP contribution >= 0.6 is 0 Å². The van der Waals surface area contributed by atoms with Gasteiger partial charge in [0.15, 0.2) is 0 Å². The molecule has 5 rings (SSSR count). The second kappa shape index (κ2) is 31.7. The first-order chi connectivity index (χ1) is 39.4. The molecular formula is C60H94N8O15. The van der Waals surface area contributed by atoms with Crippen LogP contribution < -0.4 is 16.0 Å². The molecule has 23 heteroatoms. The fourth-order valence-corrected chi connectivity index (χ4v) is 11.9. The smallest absolute Gasteiger partial charge is 0.333 e. The number of hydrogen-bond acceptors (Lipinski definition) is 16. The molecule has 8 unspecified atom stereocenters. The van der Waals surface area contributed by atoms with Crippen molar-refractivity contribution >= 4 is 59.2 Å². The lowest BCUT2D eigenvalue weighted by Crippen LogP contribution is -2.60. The lowest BCUT2D eigenvalue weighted by atomic mass is 9.89. The number of carbonyl (C=O) groups is 10. The molecule has 3 N–H and O–H groups in total. The van der Waals surface area contributed by atoms with Gasteiger partial charge in [0.1, 0.15) is 17.7 Å². The normalized spacial score (nSPS) is 21.8. The number of imide groups is 1.